The number of hydrogen-bond acceptors (Lipinski definition) is 4. The van der Waals surface area contributed by atoms with Crippen LogP contribution in [-0.2, 0) is 11.3 Å². The summed E-state index contributed by atoms with van der Waals surface area (Å²) < 4.78 is 24.4. The Bertz CT molecular complexity index is 762. The number of methoxy groups -OCH3 is 1. The van der Waals surface area contributed by atoms with Crippen molar-refractivity contribution in [3.05, 3.63) is 59.9 Å². The van der Waals surface area contributed by atoms with Crippen LogP contribution in [0.1, 0.15) is 18.4 Å². The molecule has 0 saturated carbocycles. The normalized spacial score (nSPS) is 14.7. The summed E-state index contributed by atoms with van der Waals surface area (Å²) in [6, 6.07) is 14.7. The molecule has 28 heavy (non-hydrogen) atoms. The average molecular weight is 386 g/mol. The minimum absolute atomic E-state index is 0.173. The minimum Gasteiger partial charge on any atom is -0.494 e. The molecule has 0 unspecified atom stereocenters. The lowest BCUT2D eigenvalue weighted by Crippen LogP contribution is -2.48. The molecular weight excluding hydrogens is 359 g/mol. The largest absolute Gasteiger partial charge is 0.494 e. The third-order valence-electron chi connectivity index (χ3n) is 4.89. The van der Waals surface area contributed by atoms with Gasteiger partial charge in [0, 0.05) is 39.1 Å². The van der Waals surface area contributed by atoms with Crippen molar-refractivity contribution in [2.24, 2.45) is 0 Å². The molecule has 0 radical (unpaired) electrons. The van der Waals surface area contributed by atoms with Crippen molar-refractivity contribution >= 4 is 5.91 Å². The van der Waals surface area contributed by atoms with Gasteiger partial charge >= 0.3 is 0 Å². The lowest BCUT2D eigenvalue weighted by atomic mass is 10.1. The summed E-state index contributed by atoms with van der Waals surface area (Å²) in [5.74, 6) is 0.923. The van der Waals surface area contributed by atoms with E-state index in [1.807, 2.05) is 41.3 Å². The van der Waals surface area contributed by atoms with E-state index in [1.165, 1.54) is 13.2 Å². The average Bonchev–Trinajstić information content (AvgIpc) is 2.72. The van der Waals surface area contributed by atoms with Gasteiger partial charge in [0.2, 0.25) is 5.91 Å². The highest BCUT2D eigenvalue weighted by Gasteiger charge is 2.21. The number of carbonyl (C=O) groups excluding carboxylic acids is 1. The number of benzene rings is 2. The molecule has 1 aliphatic heterocycles. The lowest BCUT2D eigenvalue weighted by Gasteiger charge is -2.34. The molecule has 150 valence electrons. The number of amides is 1. The maximum Gasteiger partial charge on any atom is 0.222 e. The quantitative estimate of drug-likeness (QED) is 0.653. The van der Waals surface area contributed by atoms with E-state index in [0.29, 0.717) is 39.1 Å². The molecule has 1 heterocycles. The van der Waals surface area contributed by atoms with Gasteiger partial charge in [0.15, 0.2) is 11.6 Å². The first-order valence-corrected chi connectivity index (χ1v) is 9.66. The van der Waals surface area contributed by atoms with Gasteiger partial charge < -0.3 is 14.4 Å². The summed E-state index contributed by atoms with van der Waals surface area (Å²) in [6.07, 6.45) is 1.20. The number of rotatable bonds is 8. The minimum atomic E-state index is -0.341. The van der Waals surface area contributed by atoms with E-state index < -0.39 is 0 Å². The molecular formula is C22H27FN2O3. The Morgan fingerprint density at radius 3 is 2.50 bits per heavy atom. The van der Waals surface area contributed by atoms with Gasteiger partial charge in [-0.15, -0.1) is 0 Å². The van der Waals surface area contributed by atoms with Crippen LogP contribution >= 0.6 is 0 Å². The van der Waals surface area contributed by atoms with Gasteiger partial charge in [0.25, 0.3) is 0 Å². The maximum absolute atomic E-state index is 13.8. The summed E-state index contributed by atoms with van der Waals surface area (Å²) in [5.41, 5.74) is 0.913. The predicted octanol–water partition coefficient (Wildman–Crippen LogP) is 3.34. The number of ether oxygens (including phenoxy) is 2. The summed E-state index contributed by atoms with van der Waals surface area (Å²) in [4.78, 5) is 16.5. The molecule has 3 rings (SSSR count). The second-order valence-electron chi connectivity index (χ2n) is 6.89. The van der Waals surface area contributed by atoms with Crippen LogP contribution in [0, 0.1) is 5.82 Å². The zero-order valence-electron chi connectivity index (χ0n) is 16.3. The Balaban J connectivity index is 1.36. The molecule has 6 heteroatoms. The molecule has 2 aromatic carbocycles. The SMILES string of the molecule is COc1ccc(CN2CCN(C(=O)CCCOc3ccccc3)CC2)cc1F. The first kappa shape index (κ1) is 20.1. The van der Waals surface area contributed by atoms with E-state index >= 15 is 0 Å². The lowest BCUT2D eigenvalue weighted by molar-refractivity contribution is -0.133. The fraction of sp³-hybridized carbons (Fsp3) is 0.409. The molecule has 0 N–H and O–H groups in total. The first-order chi connectivity index (χ1) is 13.7. The highest BCUT2D eigenvalue weighted by molar-refractivity contribution is 5.76. The van der Waals surface area contributed by atoms with Crippen molar-refractivity contribution in [1.82, 2.24) is 9.80 Å². The summed E-state index contributed by atoms with van der Waals surface area (Å²) in [7, 11) is 1.46. The smallest absolute Gasteiger partial charge is 0.222 e. The summed E-state index contributed by atoms with van der Waals surface area (Å²) in [6.45, 7) is 4.21. The maximum atomic E-state index is 13.8. The van der Waals surface area contributed by atoms with Gasteiger partial charge in [-0.1, -0.05) is 24.3 Å². The number of para-hydroxylation sites is 1. The topological polar surface area (TPSA) is 42.0 Å². The van der Waals surface area contributed by atoms with Crippen LogP contribution in [-0.4, -0.2) is 55.6 Å². The van der Waals surface area contributed by atoms with Crippen molar-refractivity contribution in [2.75, 3.05) is 39.9 Å². The monoisotopic (exact) mass is 386 g/mol. The van der Waals surface area contributed by atoms with E-state index in [-0.39, 0.29) is 17.5 Å². The number of hydrogen-bond donors (Lipinski definition) is 0. The molecule has 1 amide bonds. The molecule has 1 saturated heterocycles. The fourth-order valence-corrected chi connectivity index (χ4v) is 3.31. The van der Waals surface area contributed by atoms with Crippen molar-refractivity contribution in [3.8, 4) is 11.5 Å². The molecule has 1 fully saturated rings. The van der Waals surface area contributed by atoms with Crippen molar-refractivity contribution < 1.29 is 18.7 Å². The first-order valence-electron chi connectivity index (χ1n) is 9.66. The van der Waals surface area contributed by atoms with Crippen LogP contribution in [0.3, 0.4) is 0 Å². The standard InChI is InChI=1S/C22H27FN2O3/c1-27-21-10-9-18(16-20(21)23)17-24-11-13-25(14-12-24)22(26)8-5-15-28-19-6-3-2-4-7-19/h2-4,6-7,9-10,16H,5,8,11-15,17H2,1H3. The van der Waals surface area contributed by atoms with Crippen molar-refractivity contribution in [2.45, 2.75) is 19.4 Å². The summed E-state index contributed by atoms with van der Waals surface area (Å²) >= 11 is 0. The van der Waals surface area contributed by atoms with Crippen LogP contribution < -0.4 is 9.47 Å². The Kier molecular flexibility index (Phi) is 7.25. The molecule has 0 aliphatic carbocycles. The Morgan fingerprint density at radius 1 is 1.07 bits per heavy atom. The van der Waals surface area contributed by atoms with Crippen LogP contribution in [0.5, 0.6) is 11.5 Å². The Hall–Kier alpha value is -2.60. The van der Waals surface area contributed by atoms with Gasteiger partial charge in [-0.3, -0.25) is 9.69 Å². The van der Waals surface area contributed by atoms with Gasteiger partial charge in [-0.25, -0.2) is 4.39 Å². The van der Waals surface area contributed by atoms with E-state index in [9.17, 15) is 9.18 Å². The molecule has 0 bridgehead atoms. The van der Waals surface area contributed by atoms with E-state index in [4.69, 9.17) is 9.47 Å². The highest BCUT2D eigenvalue weighted by Crippen LogP contribution is 2.19. The number of piperazine rings is 1. The van der Waals surface area contributed by atoms with Gasteiger partial charge in [-0.05, 0) is 36.2 Å². The zero-order chi connectivity index (χ0) is 19.8. The van der Waals surface area contributed by atoms with Crippen LogP contribution in [0.15, 0.2) is 48.5 Å². The third-order valence-corrected chi connectivity index (χ3v) is 4.89. The second-order valence-corrected chi connectivity index (χ2v) is 6.89. The molecule has 0 aromatic heterocycles. The molecule has 1 aliphatic rings. The van der Waals surface area contributed by atoms with Crippen LogP contribution in [0.25, 0.3) is 0 Å². The Labute approximate surface area is 165 Å². The van der Waals surface area contributed by atoms with Crippen molar-refractivity contribution in [3.63, 3.8) is 0 Å². The molecule has 2 aromatic rings. The summed E-state index contributed by atoms with van der Waals surface area (Å²) in [5, 5.41) is 0. The van der Waals surface area contributed by atoms with Crippen molar-refractivity contribution in [1.29, 1.82) is 0 Å². The Morgan fingerprint density at radius 2 is 1.82 bits per heavy atom. The number of halogens is 1. The van der Waals surface area contributed by atoms with Gasteiger partial charge in [0.1, 0.15) is 5.75 Å². The van der Waals surface area contributed by atoms with Gasteiger partial charge in [-0.2, -0.15) is 0 Å². The highest BCUT2D eigenvalue weighted by atomic mass is 19.1. The molecule has 5 nitrogen and oxygen atoms in total. The van der Waals surface area contributed by atoms with E-state index in [0.717, 1.165) is 24.4 Å². The predicted molar refractivity (Wildman–Crippen MR) is 106 cm³/mol. The molecule has 0 spiro atoms. The second kappa shape index (κ2) is 10.1. The van der Waals surface area contributed by atoms with Gasteiger partial charge in [0.05, 0.1) is 13.7 Å². The third kappa shape index (κ3) is 5.70. The number of carbonyl (C=O) groups is 1. The zero-order valence-corrected chi connectivity index (χ0v) is 16.3. The fourth-order valence-electron chi connectivity index (χ4n) is 3.31. The van der Waals surface area contributed by atoms with E-state index in [1.54, 1.807) is 6.07 Å². The molecule has 0 atom stereocenters. The van der Waals surface area contributed by atoms with Crippen LogP contribution in [0.2, 0.25) is 0 Å². The van der Waals surface area contributed by atoms with E-state index in [2.05, 4.69) is 4.90 Å². The number of nitrogens with zero attached hydrogens (tertiary/aromatic N) is 2. The van der Waals surface area contributed by atoms with Crippen LogP contribution in [0.4, 0.5) is 4.39 Å².